The highest BCUT2D eigenvalue weighted by atomic mass is 32.2. The third-order valence-electron chi connectivity index (χ3n) is 1.13. The van der Waals surface area contributed by atoms with E-state index in [-0.39, 0.29) is 5.94 Å². The summed E-state index contributed by atoms with van der Waals surface area (Å²) in [7, 11) is -2.47. The van der Waals surface area contributed by atoms with Gasteiger partial charge >= 0.3 is 8.25 Å². The van der Waals surface area contributed by atoms with Crippen molar-refractivity contribution in [2.75, 3.05) is 5.94 Å². The minimum atomic E-state index is -2.47. The molecular formula is C7H8O3PS+. The normalized spacial score (nSPS) is 11.2. The van der Waals surface area contributed by atoms with Crippen LogP contribution < -0.4 is 0 Å². The Kier molecular flexibility index (Phi) is 4.25. The van der Waals surface area contributed by atoms with Crippen LogP contribution in [-0.2, 0) is 9.09 Å². The molecule has 0 aliphatic carbocycles. The molecule has 1 rings (SSSR count). The lowest BCUT2D eigenvalue weighted by atomic mass is 10.4. The minimum absolute atomic E-state index is 0.204. The lowest BCUT2D eigenvalue weighted by molar-refractivity contribution is 0.331. The van der Waals surface area contributed by atoms with Crippen LogP contribution in [0.2, 0.25) is 0 Å². The van der Waals surface area contributed by atoms with E-state index in [9.17, 15) is 4.57 Å². The first kappa shape index (κ1) is 9.68. The van der Waals surface area contributed by atoms with Gasteiger partial charge in [-0.05, 0) is 12.1 Å². The van der Waals surface area contributed by atoms with Gasteiger partial charge in [0.2, 0.25) is 0 Å². The molecule has 3 nitrogen and oxygen atoms in total. The lowest BCUT2D eigenvalue weighted by Crippen LogP contribution is -1.78. The Balaban J connectivity index is 2.29. The summed E-state index contributed by atoms with van der Waals surface area (Å²) in [6.45, 7) is 0. The molecule has 0 fully saturated rings. The summed E-state index contributed by atoms with van der Waals surface area (Å²) in [5.74, 6) is 0.204. The predicted octanol–water partition coefficient (Wildman–Crippen LogP) is 2.40. The molecule has 0 aliphatic rings. The molecule has 12 heavy (non-hydrogen) atoms. The van der Waals surface area contributed by atoms with Gasteiger partial charge in [0.05, 0.1) is 0 Å². The van der Waals surface area contributed by atoms with E-state index >= 15 is 0 Å². The zero-order valence-corrected chi connectivity index (χ0v) is 7.92. The van der Waals surface area contributed by atoms with Crippen LogP contribution in [0.5, 0.6) is 0 Å². The third kappa shape index (κ3) is 3.83. The van der Waals surface area contributed by atoms with Gasteiger partial charge in [-0.25, -0.2) is 0 Å². The summed E-state index contributed by atoms with van der Waals surface area (Å²) >= 11 is 1.38. The Morgan fingerprint density at radius 2 is 2.08 bits per heavy atom. The van der Waals surface area contributed by atoms with Gasteiger partial charge in [0.25, 0.3) is 0 Å². The molecule has 0 saturated heterocycles. The van der Waals surface area contributed by atoms with E-state index in [0.717, 1.165) is 4.90 Å². The Morgan fingerprint density at radius 3 is 2.67 bits per heavy atom. The van der Waals surface area contributed by atoms with Crippen LogP contribution in [0.25, 0.3) is 0 Å². The fraction of sp³-hybridized carbons (Fsp3) is 0.143. The summed E-state index contributed by atoms with van der Waals surface area (Å²) in [5, 5.41) is 0. The van der Waals surface area contributed by atoms with Crippen molar-refractivity contribution < 1.29 is 14.0 Å². The zero-order chi connectivity index (χ0) is 8.81. The van der Waals surface area contributed by atoms with Crippen molar-refractivity contribution in [2.24, 2.45) is 0 Å². The van der Waals surface area contributed by atoms with Crippen LogP contribution >= 0.6 is 20.0 Å². The van der Waals surface area contributed by atoms with Crippen molar-refractivity contribution in [1.29, 1.82) is 0 Å². The highest BCUT2D eigenvalue weighted by Gasteiger charge is 2.10. The van der Waals surface area contributed by atoms with Gasteiger partial charge in [-0.15, -0.1) is 9.42 Å². The van der Waals surface area contributed by atoms with E-state index in [1.54, 1.807) is 0 Å². The number of hydrogen-bond donors (Lipinski definition) is 1. The first-order valence-corrected chi connectivity index (χ1v) is 5.37. The number of benzene rings is 1. The van der Waals surface area contributed by atoms with Crippen LogP contribution in [0.4, 0.5) is 0 Å². The SMILES string of the molecule is O=[P+](O)OCSc1ccccc1. The summed E-state index contributed by atoms with van der Waals surface area (Å²) < 4.78 is 14.6. The highest BCUT2D eigenvalue weighted by molar-refractivity contribution is 7.99. The van der Waals surface area contributed by atoms with E-state index < -0.39 is 8.25 Å². The third-order valence-corrected chi connectivity index (χ3v) is 2.50. The Morgan fingerprint density at radius 1 is 1.42 bits per heavy atom. The van der Waals surface area contributed by atoms with E-state index in [2.05, 4.69) is 4.52 Å². The smallest absolute Gasteiger partial charge is 0.133 e. The first-order chi connectivity index (χ1) is 5.79. The van der Waals surface area contributed by atoms with Crippen molar-refractivity contribution in [3.8, 4) is 0 Å². The van der Waals surface area contributed by atoms with Gasteiger partial charge in [-0.2, -0.15) is 0 Å². The van der Waals surface area contributed by atoms with Gasteiger partial charge < -0.3 is 0 Å². The zero-order valence-electron chi connectivity index (χ0n) is 6.21. The molecule has 0 spiro atoms. The van der Waals surface area contributed by atoms with Crippen LogP contribution in [0, 0.1) is 0 Å². The fourth-order valence-electron chi connectivity index (χ4n) is 0.656. The summed E-state index contributed by atoms with van der Waals surface area (Å²) in [4.78, 5) is 9.33. The van der Waals surface area contributed by atoms with Crippen LogP contribution in [0.1, 0.15) is 0 Å². The van der Waals surface area contributed by atoms with Crippen LogP contribution in [-0.4, -0.2) is 10.8 Å². The monoisotopic (exact) mass is 203 g/mol. The minimum Gasteiger partial charge on any atom is -0.133 e. The van der Waals surface area contributed by atoms with Crippen LogP contribution in [0.15, 0.2) is 35.2 Å². The molecule has 64 valence electrons. The standard InChI is InChI=1S/C7H7O3PS/c8-11(9)10-6-12-7-4-2-1-3-5-7/h1-5H,6H2/p+1. The van der Waals surface area contributed by atoms with E-state index in [4.69, 9.17) is 4.89 Å². The van der Waals surface area contributed by atoms with Crippen molar-refractivity contribution in [2.45, 2.75) is 4.90 Å². The molecule has 1 aromatic rings. The maximum Gasteiger partial charge on any atom is 0.695 e. The Labute approximate surface area is 75.7 Å². The summed E-state index contributed by atoms with van der Waals surface area (Å²) in [6, 6.07) is 9.55. The molecule has 1 unspecified atom stereocenters. The topological polar surface area (TPSA) is 46.5 Å². The maximum atomic E-state index is 10.1. The number of hydrogen-bond acceptors (Lipinski definition) is 3. The van der Waals surface area contributed by atoms with Gasteiger partial charge in [-0.1, -0.05) is 30.0 Å². The fourth-order valence-corrected chi connectivity index (χ4v) is 1.71. The number of thioether (sulfide) groups is 1. The van der Waals surface area contributed by atoms with Gasteiger partial charge in [0, 0.05) is 9.46 Å². The van der Waals surface area contributed by atoms with Gasteiger partial charge in [-0.3, -0.25) is 0 Å². The highest BCUT2D eigenvalue weighted by Crippen LogP contribution is 2.23. The van der Waals surface area contributed by atoms with Gasteiger partial charge in [0.15, 0.2) is 5.94 Å². The van der Waals surface area contributed by atoms with Crippen molar-refractivity contribution in [1.82, 2.24) is 0 Å². The average Bonchev–Trinajstić information content (AvgIpc) is 2.05. The van der Waals surface area contributed by atoms with Crippen molar-refractivity contribution in [3.05, 3.63) is 30.3 Å². The Hall–Kier alpha value is -0.410. The molecular weight excluding hydrogens is 195 g/mol. The molecule has 1 aromatic carbocycles. The average molecular weight is 203 g/mol. The molecule has 0 aromatic heterocycles. The molecule has 0 bridgehead atoms. The van der Waals surface area contributed by atoms with Crippen molar-refractivity contribution >= 4 is 20.0 Å². The molecule has 1 N–H and O–H groups in total. The van der Waals surface area contributed by atoms with E-state index in [1.807, 2.05) is 30.3 Å². The molecule has 0 radical (unpaired) electrons. The summed E-state index contributed by atoms with van der Waals surface area (Å²) in [5.41, 5.74) is 0. The molecule has 0 amide bonds. The molecule has 0 heterocycles. The first-order valence-electron chi connectivity index (χ1n) is 3.26. The second kappa shape index (κ2) is 5.27. The second-order valence-electron chi connectivity index (χ2n) is 1.94. The molecule has 5 heteroatoms. The quantitative estimate of drug-likeness (QED) is 0.463. The largest absolute Gasteiger partial charge is 0.695 e. The molecule has 0 aliphatic heterocycles. The van der Waals surface area contributed by atoms with Crippen molar-refractivity contribution in [3.63, 3.8) is 0 Å². The maximum absolute atomic E-state index is 10.1. The lowest BCUT2D eigenvalue weighted by Gasteiger charge is -1.93. The molecule has 1 atom stereocenters. The van der Waals surface area contributed by atoms with Crippen LogP contribution in [0.3, 0.4) is 0 Å². The van der Waals surface area contributed by atoms with E-state index in [0.29, 0.717) is 0 Å². The van der Waals surface area contributed by atoms with Gasteiger partial charge in [0.1, 0.15) is 0 Å². The summed E-state index contributed by atoms with van der Waals surface area (Å²) in [6.07, 6.45) is 0. The Bertz CT molecular complexity index is 252. The predicted molar refractivity (Wildman–Crippen MR) is 48.1 cm³/mol. The second-order valence-corrected chi connectivity index (χ2v) is 3.67. The number of rotatable bonds is 4. The molecule has 0 saturated carbocycles. The van der Waals surface area contributed by atoms with E-state index in [1.165, 1.54) is 11.8 Å².